The molecule has 1 atom stereocenters. The van der Waals surface area contributed by atoms with Gasteiger partial charge >= 0.3 is 0 Å². The van der Waals surface area contributed by atoms with Crippen molar-refractivity contribution in [2.24, 2.45) is 11.7 Å². The Morgan fingerprint density at radius 1 is 1.48 bits per heavy atom. The normalized spacial score (nSPS) is 17.6. The van der Waals surface area contributed by atoms with Gasteiger partial charge in [-0.25, -0.2) is 4.39 Å². The lowest BCUT2D eigenvalue weighted by Crippen LogP contribution is -2.39. The quantitative estimate of drug-likeness (QED) is 0.894. The summed E-state index contributed by atoms with van der Waals surface area (Å²) in [6, 6.07) is 4.91. The fourth-order valence-corrected chi connectivity index (χ4v) is 2.88. The molecule has 1 aliphatic rings. The number of nitrogens with one attached hydrogen (secondary N) is 1. The van der Waals surface area contributed by atoms with E-state index in [1.807, 2.05) is 13.0 Å². The van der Waals surface area contributed by atoms with E-state index in [0.717, 1.165) is 31.5 Å². The van der Waals surface area contributed by atoms with Crippen molar-refractivity contribution in [2.45, 2.75) is 32.7 Å². The predicted molar refractivity (Wildman–Crippen MR) is 82.6 cm³/mol. The monoisotopic (exact) mass is 293 g/mol. The zero-order chi connectivity index (χ0) is 15.4. The molecule has 0 bridgehead atoms. The maximum atomic E-state index is 14.2. The summed E-state index contributed by atoms with van der Waals surface area (Å²) in [7, 11) is 0. The van der Waals surface area contributed by atoms with Gasteiger partial charge in [-0.15, -0.1) is 0 Å². The van der Waals surface area contributed by atoms with Crippen LogP contribution in [0.3, 0.4) is 0 Å². The van der Waals surface area contributed by atoms with Gasteiger partial charge in [-0.3, -0.25) is 4.79 Å². The molecule has 1 aromatic carbocycles. The van der Waals surface area contributed by atoms with E-state index in [9.17, 15) is 9.18 Å². The van der Waals surface area contributed by atoms with Crippen molar-refractivity contribution in [1.29, 1.82) is 0 Å². The van der Waals surface area contributed by atoms with Crippen LogP contribution in [0.4, 0.5) is 10.1 Å². The van der Waals surface area contributed by atoms with Gasteiger partial charge in [0.15, 0.2) is 0 Å². The summed E-state index contributed by atoms with van der Waals surface area (Å²) in [4.78, 5) is 13.0. The SMILES string of the molecule is CC(=O)NCC1CCN(c2c(F)cccc2[C@@H](C)N)CC1. The molecule has 1 heterocycles. The highest BCUT2D eigenvalue weighted by Gasteiger charge is 2.24. The van der Waals surface area contributed by atoms with E-state index in [1.165, 1.54) is 13.0 Å². The van der Waals surface area contributed by atoms with Crippen molar-refractivity contribution in [3.8, 4) is 0 Å². The molecule has 2 rings (SSSR count). The van der Waals surface area contributed by atoms with E-state index < -0.39 is 0 Å². The molecule has 0 radical (unpaired) electrons. The van der Waals surface area contributed by atoms with Gasteiger partial charge in [0, 0.05) is 32.6 Å². The molecule has 3 N–H and O–H groups in total. The molecule has 1 aliphatic heterocycles. The summed E-state index contributed by atoms with van der Waals surface area (Å²) in [5.74, 6) is 0.270. The third-order valence-corrected chi connectivity index (χ3v) is 4.08. The lowest BCUT2D eigenvalue weighted by atomic mass is 9.95. The van der Waals surface area contributed by atoms with Crippen molar-refractivity contribution in [2.75, 3.05) is 24.5 Å². The minimum atomic E-state index is -0.204. The maximum absolute atomic E-state index is 14.2. The molecule has 0 aliphatic carbocycles. The van der Waals surface area contributed by atoms with E-state index in [0.29, 0.717) is 18.2 Å². The number of rotatable bonds is 4. The highest BCUT2D eigenvalue weighted by Crippen LogP contribution is 2.31. The van der Waals surface area contributed by atoms with Gasteiger partial charge in [-0.1, -0.05) is 12.1 Å². The van der Waals surface area contributed by atoms with Crippen molar-refractivity contribution in [3.63, 3.8) is 0 Å². The highest BCUT2D eigenvalue weighted by atomic mass is 19.1. The van der Waals surface area contributed by atoms with Crippen LogP contribution in [0.15, 0.2) is 18.2 Å². The Kier molecular flexibility index (Phi) is 5.17. The van der Waals surface area contributed by atoms with Crippen LogP contribution in [0.5, 0.6) is 0 Å². The first-order chi connectivity index (χ1) is 9.99. The van der Waals surface area contributed by atoms with Crippen molar-refractivity contribution < 1.29 is 9.18 Å². The Labute approximate surface area is 125 Å². The van der Waals surface area contributed by atoms with Crippen LogP contribution in [0.1, 0.15) is 38.3 Å². The molecule has 0 aromatic heterocycles. The molecule has 116 valence electrons. The number of nitrogens with zero attached hydrogens (tertiary/aromatic N) is 1. The van der Waals surface area contributed by atoms with E-state index >= 15 is 0 Å². The number of hydrogen-bond acceptors (Lipinski definition) is 3. The van der Waals surface area contributed by atoms with Crippen molar-refractivity contribution in [3.05, 3.63) is 29.6 Å². The number of benzene rings is 1. The third-order valence-electron chi connectivity index (χ3n) is 4.08. The Morgan fingerprint density at radius 2 is 2.14 bits per heavy atom. The lowest BCUT2D eigenvalue weighted by Gasteiger charge is -2.35. The van der Waals surface area contributed by atoms with Crippen LogP contribution in [0.2, 0.25) is 0 Å². The van der Waals surface area contributed by atoms with Gasteiger partial charge in [-0.2, -0.15) is 0 Å². The second-order valence-corrected chi connectivity index (χ2v) is 5.83. The van der Waals surface area contributed by atoms with Gasteiger partial charge in [0.25, 0.3) is 0 Å². The molecular formula is C16H24FN3O. The molecule has 1 amide bonds. The van der Waals surface area contributed by atoms with E-state index in [-0.39, 0.29) is 17.8 Å². The fraction of sp³-hybridized carbons (Fsp3) is 0.562. The number of anilines is 1. The van der Waals surface area contributed by atoms with E-state index in [2.05, 4.69) is 10.2 Å². The van der Waals surface area contributed by atoms with Gasteiger partial charge in [0.1, 0.15) is 5.82 Å². The number of carbonyl (C=O) groups is 1. The number of hydrogen-bond donors (Lipinski definition) is 2. The second-order valence-electron chi connectivity index (χ2n) is 5.83. The lowest BCUT2D eigenvalue weighted by molar-refractivity contribution is -0.119. The summed E-state index contributed by atoms with van der Waals surface area (Å²) < 4.78 is 14.2. The topological polar surface area (TPSA) is 58.4 Å². The van der Waals surface area contributed by atoms with Gasteiger partial charge in [0.2, 0.25) is 5.91 Å². The maximum Gasteiger partial charge on any atom is 0.216 e. The standard InChI is InChI=1S/C16H24FN3O/c1-11(18)14-4-3-5-15(17)16(14)20-8-6-13(7-9-20)10-19-12(2)21/h3-5,11,13H,6-10,18H2,1-2H3,(H,19,21)/t11-/m1/s1. The molecule has 21 heavy (non-hydrogen) atoms. The Morgan fingerprint density at radius 3 is 2.71 bits per heavy atom. The highest BCUT2D eigenvalue weighted by molar-refractivity contribution is 5.72. The van der Waals surface area contributed by atoms with E-state index in [4.69, 9.17) is 5.73 Å². The zero-order valence-corrected chi connectivity index (χ0v) is 12.7. The number of piperidine rings is 1. The fourth-order valence-electron chi connectivity index (χ4n) is 2.88. The predicted octanol–water partition coefficient (Wildman–Crippen LogP) is 2.20. The average molecular weight is 293 g/mol. The molecule has 0 unspecified atom stereocenters. The Balaban J connectivity index is 2.04. The van der Waals surface area contributed by atoms with Gasteiger partial charge < -0.3 is 16.0 Å². The molecule has 1 aromatic rings. The van der Waals surface area contributed by atoms with Gasteiger partial charge in [-0.05, 0) is 37.3 Å². The molecule has 0 spiro atoms. The smallest absolute Gasteiger partial charge is 0.216 e. The third kappa shape index (κ3) is 3.94. The Bertz CT molecular complexity index is 496. The number of halogens is 1. The number of amides is 1. The van der Waals surface area contributed by atoms with Crippen LogP contribution >= 0.6 is 0 Å². The first-order valence-corrected chi connectivity index (χ1v) is 7.52. The van der Waals surface area contributed by atoms with Crippen LogP contribution in [0.25, 0.3) is 0 Å². The molecule has 5 heteroatoms. The van der Waals surface area contributed by atoms with Crippen LogP contribution < -0.4 is 16.0 Å². The van der Waals surface area contributed by atoms with Gasteiger partial charge in [0.05, 0.1) is 5.69 Å². The molecule has 0 saturated carbocycles. The molecule has 1 fully saturated rings. The number of para-hydroxylation sites is 1. The van der Waals surface area contributed by atoms with Crippen LogP contribution in [0, 0.1) is 11.7 Å². The molecular weight excluding hydrogens is 269 g/mol. The van der Waals surface area contributed by atoms with Crippen LogP contribution in [-0.2, 0) is 4.79 Å². The van der Waals surface area contributed by atoms with Crippen molar-refractivity contribution in [1.82, 2.24) is 5.32 Å². The minimum Gasteiger partial charge on any atom is -0.369 e. The average Bonchev–Trinajstić information content (AvgIpc) is 2.45. The summed E-state index contributed by atoms with van der Waals surface area (Å²) in [6.07, 6.45) is 1.90. The van der Waals surface area contributed by atoms with Crippen molar-refractivity contribution >= 4 is 11.6 Å². The van der Waals surface area contributed by atoms with Crippen LogP contribution in [-0.4, -0.2) is 25.5 Å². The first kappa shape index (κ1) is 15.8. The Hall–Kier alpha value is -1.62. The summed E-state index contributed by atoms with van der Waals surface area (Å²) in [5, 5.41) is 2.86. The largest absolute Gasteiger partial charge is 0.369 e. The molecule has 4 nitrogen and oxygen atoms in total. The summed E-state index contributed by atoms with van der Waals surface area (Å²) in [5.41, 5.74) is 7.46. The second kappa shape index (κ2) is 6.89. The number of carbonyl (C=O) groups excluding carboxylic acids is 1. The summed E-state index contributed by atoms with van der Waals surface area (Å²) >= 11 is 0. The molecule has 1 saturated heterocycles. The zero-order valence-electron chi connectivity index (χ0n) is 12.7. The number of nitrogens with two attached hydrogens (primary N) is 1. The first-order valence-electron chi connectivity index (χ1n) is 7.52. The summed E-state index contributed by atoms with van der Waals surface area (Å²) in [6.45, 7) is 5.71. The minimum absolute atomic E-state index is 0.00535. The van der Waals surface area contributed by atoms with E-state index in [1.54, 1.807) is 6.07 Å².